The van der Waals surface area contributed by atoms with Crippen LogP contribution in [0.3, 0.4) is 0 Å². The first-order valence-corrected chi connectivity index (χ1v) is 18.9. The number of benzene rings is 7. The molecule has 9 rings (SSSR count). The number of aryl methyl sites for hydroxylation is 4. The molecule has 0 aliphatic rings. The molecule has 0 spiro atoms. The normalized spacial score (nSPS) is 11.3. The molecule has 0 saturated heterocycles. The summed E-state index contributed by atoms with van der Waals surface area (Å²) in [5.41, 5.74) is 16.7. The lowest BCUT2D eigenvalue weighted by Gasteiger charge is -2.28. The van der Waals surface area contributed by atoms with Gasteiger partial charge in [0, 0.05) is 40.6 Å². The minimum atomic E-state index is 0.940. The molecule has 0 aliphatic heterocycles. The van der Waals surface area contributed by atoms with Gasteiger partial charge in [0.25, 0.3) is 0 Å². The SMILES string of the molecule is Cc1ccc(C)c(N(c2cccc(-c3cc(-c4ccc5ccccc5c4)c(C)cn3)c2)c2cccc(-c3cc(-c4ccc5ccccc5c4)c(C)cn3)c2)c1. The van der Waals surface area contributed by atoms with Gasteiger partial charge in [0.15, 0.2) is 0 Å². The fourth-order valence-corrected chi connectivity index (χ4v) is 7.70. The molecule has 0 N–H and O–H groups in total. The van der Waals surface area contributed by atoms with E-state index in [0.29, 0.717) is 0 Å². The molecule has 0 amide bonds. The largest absolute Gasteiger partial charge is 0.310 e. The molecule has 7 aromatic carbocycles. The molecule has 0 fully saturated rings. The molecular formula is C52H41N3. The van der Waals surface area contributed by atoms with Crippen molar-refractivity contribution >= 4 is 38.6 Å². The third kappa shape index (κ3) is 6.66. The molecule has 3 nitrogen and oxygen atoms in total. The van der Waals surface area contributed by atoms with Crippen molar-refractivity contribution in [3.05, 3.63) is 198 Å². The van der Waals surface area contributed by atoms with Gasteiger partial charge < -0.3 is 4.90 Å². The molecule has 0 radical (unpaired) electrons. The summed E-state index contributed by atoms with van der Waals surface area (Å²) < 4.78 is 0. The summed E-state index contributed by atoms with van der Waals surface area (Å²) in [6.45, 7) is 8.62. The van der Waals surface area contributed by atoms with Crippen molar-refractivity contribution in [2.75, 3.05) is 4.90 Å². The van der Waals surface area contributed by atoms with Crippen LogP contribution in [0.25, 0.3) is 66.3 Å². The van der Waals surface area contributed by atoms with Crippen LogP contribution in [-0.2, 0) is 0 Å². The maximum atomic E-state index is 4.96. The molecule has 55 heavy (non-hydrogen) atoms. The van der Waals surface area contributed by atoms with Crippen LogP contribution in [0, 0.1) is 27.7 Å². The maximum absolute atomic E-state index is 4.96. The van der Waals surface area contributed by atoms with Gasteiger partial charge in [-0.05, 0) is 148 Å². The molecule has 2 aromatic heterocycles. The zero-order valence-electron chi connectivity index (χ0n) is 31.6. The van der Waals surface area contributed by atoms with Crippen LogP contribution in [0.15, 0.2) is 176 Å². The summed E-state index contributed by atoms with van der Waals surface area (Å²) in [5.74, 6) is 0. The van der Waals surface area contributed by atoms with Crippen molar-refractivity contribution in [3.8, 4) is 44.8 Å². The van der Waals surface area contributed by atoms with E-state index in [4.69, 9.17) is 9.97 Å². The molecular weight excluding hydrogens is 667 g/mol. The van der Waals surface area contributed by atoms with Crippen LogP contribution in [0.5, 0.6) is 0 Å². The molecule has 0 saturated carbocycles. The van der Waals surface area contributed by atoms with E-state index in [-0.39, 0.29) is 0 Å². The van der Waals surface area contributed by atoms with Crippen LogP contribution in [0.2, 0.25) is 0 Å². The quantitative estimate of drug-likeness (QED) is 0.165. The third-order valence-corrected chi connectivity index (χ3v) is 10.7. The Balaban J connectivity index is 1.13. The Labute approximate surface area is 323 Å². The fraction of sp³-hybridized carbons (Fsp3) is 0.0769. The van der Waals surface area contributed by atoms with E-state index in [1.807, 2.05) is 12.4 Å². The minimum Gasteiger partial charge on any atom is -0.310 e. The topological polar surface area (TPSA) is 29.0 Å². The molecule has 264 valence electrons. The summed E-state index contributed by atoms with van der Waals surface area (Å²) >= 11 is 0. The van der Waals surface area contributed by atoms with Crippen LogP contribution in [0.1, 0.15) is 22.3 Å². The smallest absolute Gasteiger partial charge is 0.0709 e. The van der Waals surface area contributed by atoms with E-state index in [0.717, 1.165) is 50.7 Å². The van der Waals surface area contributed by atoms with Gasteiger partial charge in [0.05, 0.1) is 11.4 Å². The Bertz CT molecular complexity index is 2710. The first-order chi connectivity index (χ1) is 26.9. The first-order valence-electron chi connectivity index (χ1n) is 18.9. The second-order valence-electron chi connectivity index (χ2n) is 14.6. The lowest BCUT2D eigenvalue weighted by Crippen LogP contribution is -2.12. The van der Waals surface area contributed by atoms with Crippen molar-refractivity contribution in [2.24, 2.45) is 0 Å². The highest BCUT2D eigenvalue weighted by Crippen LogP contribution is 2.41. The van der Waals surface area contributed by atoms with E-state index < -0.39 is 0 Å². The van der Waals surface area contributed by atoms with E-state index >= 15 is 0 Å². The number of rotatable bonds is 7. The molecule has 0 aliphatic carbocycles. The Morgan fingerprint density at radius 2 is 0.855 bits per heavy atom. The molecule has 3 heteroatoms. The first kappa shape index (κ1) is 34.0. The van der Waals surface area contributed by atoms with Crippen molar-refractivity contribution in [1.82, 2.24) is 9.97 Å². The Kier molecular flexibility index (Phi) is 8.76. The number of aromatic nitrogens is 2. The second-order valence-corrected chi connectivity index (χ2v) is 14.6. The van der Waals surface area contributed by atoms with Crippen LogP contribution in [0.4, 0.5) is 17.1 Å². The number of hydrogen-bond donors (Lipinski definition) is 0. The van der Waals surface area contributed by atoms with E-state index in [9.17, 15) is 0 Å². The van der Waals surface area contributed by atoms with Gasteiger partial charge in [-0.3, -0.25) is 9.97 Å². The highest BCUT2D eigenvalue weighted by molar-refractivity contribution is 5.90. The predicted octanol–water partition coefficient (Wildman–Crippen LogP) is 14.2. The average molecular weight is 708 g/mol. The number of nitrogens with zero attached hydrogens (tertiary/aromatic N) is 3. The Hall–Kier alpha value is -6.84. The lowest BCUT2D eigenvalue weighted by atomic mass is 9.96. The van der Waals surface area contributed by atoms with Crippen molar-refractivity contribution in [3.63, 3.8) is 0 Å². The summed E-state index contributed by atoms with van der Waals surface area (Å²) in [4.78, 5) is 12.3. The Morgan fingerprint density at radius 3 is 1.36 bits per heavy atom. The highest BCUT2D eigenvalue weighted by atomic mass is 15.1. The number of anilines is 3. The van der Waals surface area contributed by atoms with E-state index in [2.05, 4.69) is 196 Å². The van der Waals surface area contributed by atoms with Gasteiger partial charge in [-0.25, -0.2) is 0 Å². The average Bonchev–Trinajstić information content (AvgIpc) is 3.22. The minimum absolute atomic E-state index is 0.940. The van der Waals surface area contributed by atoms with Crippen molar-refractivity contribution in [1.29, 1.82) is 0 Å². The van der Waals surface area contributed by atoms with Crippen LogP contribution >= 0.6 is 0 Å². The molecule has 9 aromatic rings. The van der Waals surface area contributed by atoms with Gasteiger partial charge in [-0.15, -0.1) is 0 Å². The zero-order valence-corrected chi connectivity index (χ0v) is 31.6. The summed E-state index contributed by atoms with van der Waals surface area (Å²) in [6.07, 6.45) is 4.00. The van der Waals surface area contributed by atoms with Crippen LogP contribution in [-0.4, -0.2) is 9.97 Å². The van der Waals surface area contributed by atoms with E-state index in [1.54, 1.807) is 0 Å². The number of hydrogen-bond acceptors (Lipinski definition) is 3. The predicted molar refractivity (Wildman–Crippen MR) is 232 cm³/mol. The van der Waals surface area contributed by atoms with Gasteiger partial charge in [0.1, 0.15) is 0 Å². The van der Waals surface area contributed by atoms with Gasteiger partial charge in [0.2, 0.25) is 0 Å². The number of fused-ring (bicyclic) bond motifs is 2. The maximum Gasteiger partial charge on any atom is 0.0709 e. The van der Waals surface area contributed by atoms with Crippen molar-refractivity contribution in [2.45, 2.75) is 27.7 Å². The standard InChI is InChI=1S/C52H41N3/c1-34-19-20-35(2)52(25-34)55(46-17-9-15-44(28-46)50-30-48(36(3)32-53-50)42-23-21-38-11-5-7-13-40(38)26-42)47-18-10-16-45(29-47)51-31-49(37(4)33-54-51)43-24-22-39-12-6-8-14-41(39)27-43/h5-33H,1-4H3. The van der Waals surface area contributed by atoms with Gasteiger partial charge in [-0.1, -0.05) is 109 Å². The molecule has 0 atom stereocenters. The summed E-state index contributed by atoms with van der Waals surface area (Å²) in [6, 6.07) is 59.1. The fourth-order valence-electron chi connectivity index (χ4n) is 7.70. The number of pyridine rings is 2. The van der Waals surface area contributed by atoms with Gasteiger partial charge >= 0.3 is 0 Å². The third-order valence-electron chi connectivity index (χ3n) is 10.7. The zero-order chi connectivity index (χ0) is 37.5. The van der Waals surface area contributed by atoms with Gasteiger partial charge in [-0.2, -0.15) is 0 Å². The molecule has 0 bridgehead atoms. The summed E-state index contributed by atoms with van der Waals surface area (Å²) in [7, 11) is 0. The van der Waals surface area contributed by atoms with Crippen LogP contribution < -0.4 is 4.90 Å². The summed E-state index contributed by atoms with van der Waals surface area (Å²) in [5, 5.41) is 4.95. The van der Waals surface area contributed by atoms with Crippen molar-refractivity contribution < 1.29 is 0 Å². The lowest BCUT2D eigenvalue weighted by molar-refractivity contribution is 1.23. The monoisotopic (exact) mass is 707 g/mol. The molecule has 0 unspecified atom stereocenters. The Morgan fingerprint density at radius 1 is 0.364 bits per heavy atom. The molecule has 2 heterocycles. The second kappa shape index (κ2) is 14.2. The van der Waals surface area contributed by atoms with E-state index in [1.165, 1.54) is 54.9 Å². The highest BCUT2D eigenvalue weighted by Gasteiger charge is 2.18.